The normalized spacial score (nSPS) is 10.5. The van der Waals surface area contributed by atoms with Gasteiger partial charge in [0.1, 0.15) is 5.69 Å². The van der Waals surface area contributed by atoms with Crippen molar-refractivity contribution in [2.75, 3.05) is 6.54 Å². The molecule has 1 aromatic heterocycles. The van der Waals surface area contributed by atoms with Gasteiger partial charge in [0.15, 0.2) is 0 Å². The smallest absolute Gasteiger partial charge is 0.274 e. The molecule has 0 bridgehead atoms. The van der Waals surface area contributed by atoms with Gasteiger partial charge in [-0.1, -0.05) is 55.5 Å². The third kappa shape index (κ3) is 4.06. The van der Waals surface area contributed by atoms with Crippen LogP contribution in [0, 0.1) is 0 Å². The first-order chi connectivity index (χ1) is 12.7. The molecule has 0 fully saturated rings. The van der Waals surface area contributed by atoms with E-state index in [2.05, 4.69) is 5.10 Å². The highest BCUT2D eigenvalue weighted by Gasteiger charge is 2.18. The summed E-state index contributed by atoms with van der Waals surface area (Å²) in [5.41, 5.74) is 1.69. The van der Waals surface area contributed by atoms with Crippen LogP contribution in [0.3, 0.4) is 0 Å². The van der Waals surface area contributed by atoms with E-state index in [-0.39, 0.29) is 17.2 Å². The molecule has 3 aromatic rings. The Hall–Kier alpha value is -3.21. The Morgan fingerprint density at radius 3 is 2.27 bits per heavy atom. The lowest BCUT2D eigenvalue weighted by Gasteiger charge is -2.22. The predicted molar refractivity (Wildman–Crippen MR) is 101 cm³/mol. The zero-order valence-electron chi connectivity index (χ0n) is 14.7. The van der Waals surface area contributed by atoms with E-state index in [0.717, 1.165) is 12.0 Å². The molecule has 0 radical (unpaired) electrons. The van der Waals surface area contributed by atoms with Crippen molar-refractivity contribution >= 4 is 5.91 Å². The third-order valence-electron chi connectivity index (χ3n) is 4.02. The number of hydrogen-bond acceptors (Lipinski definition) is 3. The number of para-hydroxylation sites is 1. The van der Waals surface area contributed by atoms with Crippen LogP contribution in [-0.2, 0) is 6.54 Å². The van der Waals surface area contributed by atoms with Crippen molar-refractivity contribution in [1.29, 1.82) is 0 Å². The Balaban J connectivity index is 1.91. The summed E-state index contributed by atoms with van der Waals surface area (Å²) >= 11 is 0. The summed E-state index contributed by atoms with van der Waals surface area (Å²) in [6.07, 6.45) is 0.844. The molecule has 0 spiro atoms. The molecule has 0 aliphatic rings. The maximum Gasteiger partial charge on any atom is 0.274 e. The molecule has 0 N–H and O–H groups in total. The van der Waals surface area contributed by atoms with Crippen molar-refractivity contribution in [2.24, 2.45) is 0 Å². The van der Waals surface area contributed by atoms with E-state index in [1.54, 1.807) is 17.0 Å². The molecule has 1 heterocycles. The van der Waals surface area contributed by atoms with E-state index < -0.39 is 0 Å². The maximum absolute atomic E-state index is 13.0. The fourth-order valence-electron chi connectivity index (χ4n) is 2.77. The topological polar surface area (TPSA) is 55.2 Å². The molecule has 26 heavy (non-hydrogen) atoms. The quantitative estimate of drug-likeness (QED) is 0.687. The largest absolute Gasteiger partial charge is 0.333 e. The number of rotatable bonds is 6. The van der Waals surface area contributed by atoms with Gasteiger partial charge >= 0.3 is 0 Å². The number of hydrogen-bond donors (Lipinski definition) is 0. The first-order valence-electron chi connectivity index (χ1n) is 8.68. The van der Waals surface area contributed by atoms with Crippen molar-refractivity contribution in [3.05, 3.63) is 94.4 Å². The molecule has 0 saturated carbocycles. The van der Waals surface area contributed by atoms with Gasteiger partial charge in [0.2, 0.25) is 0 Å². The van der Waals surface area contributed by atoms with E-state index in [4.69, 9.17) is 0 Å². The van der Waals surface area contributed by atoms with E-state index in [1.165, 1.54) is 16.8 Å². The van der Waals surface area contributed by atoms with Crippen molar-refractivity contribution in [1.82, 2.24) is 14.7 Å². The van der Waals surface area contributed by atoms with Crippen LogP contribution < -0.4 is 5.56 Å². The Bertz CT molecular complexity index is 921. The highest BCUT2D eigenvalue weighted by atomic mass is 16.2. The van der Waals surface area contributed by atoms with Crippen molar-refractivity contribution < 1.29 is 4.79 Å². The first-order valence-corrected chi connectivity index (χ1v) is 8.68. The first kappa shape index (κ1) is 17.6. The second kappa shape index (κ2) is 8.25. The average molecular weight is 347 g/mol. The van der Waals surface area contributed by atoms with Gasteiger partial charge < -0.3 is 4.90 Å². The monoisotopic (exact) mass is 347 g/mol. The van der Waals surface area contributed by atoms with Crippen molar-refractivity contribution in [3.63, 3.8) is 0 Å². The fraction of sp³-hybridized carbons (Fsp3) is 0.190. The van der Waals surface area contributed by atoms with Crippen LogP contribution in [0.2, 0.25) is 0 Å². The molecule has 0 unspecified atom stereocenters. The van der Waals surface area contributed by atoms with Crippen LogP contribution in [0.25, 0.3) is 5.69 Å². The minimum atomic E-state index is -0.266. The van der Waals surface area contributed by atoms with E-state index >= 15 is 0 Å². The van der Waals surface area contributed by atoms with Crippen molar-refractivity contribution in [2.45, 2.75) is 19.9 Å². The molecule has 1 amide bonds. The van der Waals surface area contributed by atoms with Gasteiger partial charge in [-0.2, -0.15) is 9.78 Å². The van der Waals surface area contributed by atoms with Crippen molar-refractivity contribution in [3.8, 4) is 5.69 Å². The number of carbonyl (C=O) groups excluding carboxylic acids is 1. The maximum atomic E-state index is 13.0. The van der Waals surface area contributed by atoms with Gasteiger partial charge in [0.05, 0.1) is 5.69 Å². The number of aromatic nitrogens is 2. The van der Waals surface area contributed by atoms with Crippen LogP contribution >= 0.6 is 0 Å². The van der Waals surface area contributed by atoms with E-state index in [1.807, 2.05) is 55.5 Å². The SMILES string of the molecule is CCCN(Cc1ccccc1)C(=O)c1ccc(=O)n(-c2ccccc2)n1. The summed E-state index contributed by atoms with van der Waals surface area (Å²) in [5.74, 6) is -0.180. The van der Waals surface area contributed by atoms with Crippen LogP contribution in [0.5, 0.6) is 0 Å². The van der Waals surface area contributed by atoms with Crippen LogP contribution in [0.15, 0.2) is 77.6 Å². The van der Waals surface area contributed by atoms with Crippen LogP contribution in [-0.4, -0.2) is 27.1 Å². The summed E-state index contributed by atoms with van der Waals surface area (Å²) in [6.45, 7) is 3.17. The lowest BCUT2D eigenvalue weighted by molar-refractivity contribution is 0.0735. The summed E-state index contributed by atoms with van der Waals surface area (Å²) in [4.78, 5) is 26.9. The minimum Gasteiger partial charge on any atom is -0.333 e. The zero-order valence-corrected chi connectivity index (χ0v) is 14.7. The van der Waals surface area contributed by atoms with Gasteiger partial charge in [0, 0.05) is 19.2 Å². The van der Waals surface area contributed by atoms with Gasteiger partial charge in [-0.25, -0.2) is 0 Å². The molecule has 0 aliphatic carbocycles. The standard InChI is InChI=1S/C21H21N3O2/c1-2-15-23(16-17-9-5-3-6-10-17)21(26)19-13-14-20(25)24(22-19)18-11-7-4-8-12-18/h3-14H,2,15-16H2,1H3. The summed E-state index contributed by atoms with van der Waals surface area (Å²) in [5, 5.41) is 4.30. The number of amides is 1. The van der Waals surface area contributed by atoms with E-state index in [0.29, 0.717) is 18.8 Å². The molecule has 2 aromatic carbocycles. The highest BCUT2D eigenvalue weighted by molar-refractivity contribution is 5.92. The molecule has 0 saturated heterocycles. The molecule has 5 nitrogen and oxygen atoms in total. The van der Waals surface area contributed by atoms with E-state index in [9.17, 15) is 9.59 Å². The predicted octanol–water partition coefficient (Wildman–Crippen LogP) is 3.28. The summed E-state index contributed by atoms with van der Waals surface area (Å²) in [7, 11) is 0. The molecule has 0 atom stereocenters. The lowest BCUT2D eigenvalue weighted by Crippen LogP contribution is -2.33. The van der Waals surface area contributed by atoms with Crippen LogP contribution in [0.4, 0.5) is 0 Å². The fourth-order valence-corrected chi connectivity index (χ4v) is 2.77. The minimum absolute atomic E-state index is 0.180. The number of carbonyl (C=O) groups is 1. The molecular weight excluding hydrogens is 326 g/mol. The zero-order chi connectivity index (χ0) is 18.4. The van der Waals surface area contributed by atoms with Gasteiger partial charge in [0.25, 0.3) is 11.5 Å². The Kier molecular flexibility index (Phi) is 5.59. The molecular formula is C21H21N3O2. The number of benzene rings is 2. The summed E-state index contributed by atoms with van der Waals surface area (Å²) < 4.78 is 1.26. The molecule has 5 heteroatoms. The Morgan fingerprint density at radius 2 is 1.62 bits per heavy atom. The Labute approximate surface area is 152 Å². The van der Waals surface area contributed by atoms with Gasteiger partial charge in [-0.15, -0.1) is 0 Å². The summed E-state index contributed by atoms with van der Waals surface area (Å²) in [6, 6.07) is 21.8. The Morgan fingerprint density at radius 1 is 0.962 bits per heavy atom. The van der Waals surface area contributed by atoms with Crippen LogP contribution in [0.1, 0.15) is 29.4 Å². The number of nitrogens with zero attached hydrogens (tertiary/aromatic N) is 3. The second-order valence-corrected chi connectivity index (χ2v) is 6.02. The van der Waals surface area contributed by atoms with Gasteiger partial charge in [-0.05, 0) is 30.2 Å². The second-order valence-electron chi connectivity index (χ2n) is 6.02. The average Bonchev–Trinajstić information content (AvgIpc) is 2.69. The van der Waals surface area contributed by atoms with Gasteiger partial charge in [-0.3, -0.25) is 9.59 Å². The lowest BCUT2D eigenvalue weighted by atomic mass is 10.2. The highest BCUT2D eigenvalue weighted by Crippen LogP contribution is 2.10. The molecule has 3 rings (SSSR count). The molecule has 132 valence electrons. The molecule has 0 aliphatic heterocycles. The third-order valence-corrected chi connectivity index (χ3v) is 4.02.